The Labute approximate surface area is 199 Å². The van der Waals surface area contributed by atoms with Crippen molar-refractivity contribution in [1.29, 1.82) is 0 Å². The normalized spacial score (nSPS) is 24.4. The van der Waals surface area contributed by atoms with Crippen LogP contribution in [0.5, 0.6) is 0 Å². The van der Waals surface area contributed by atoms with E-state index >= 15 is 0 Å². The van der Waals surface area contributed by atoms with Gasteiger partial charge in [0.1, 0.15) is 0 Å². The SMILES string of the molecule is NC(=O)[C@@H]1CCC[N+]1(C(=O)NC[C@H](O)c1ccccc1)C(=O)[C@H](CC1CCCC1)CN(O)C=O. The number of primary amides is 1. The number of nitrogens with two attached hydrogens (primary N) is 1. The summed E-state index contributed by atoms with van der Waals surface area (Å²) in [6.07, 6.45) is 4.33. The molecule has 10 heteroatoms. The molecule has 0 radical (unpaired) electrons. The van der Waals surface area contributed by atoms with Crippen molar-refractivity contribution in [3.05, 3.63) is 35.9 Å². The van der Waals surface area contributed by atoms with E-state index in [2.05, 4.69) is 5.32 Å². The van der Waals surface area contributed by atoms with Gasteiger partial charge in [-0.05, 0) is 17.9 Å². The molecule has 2 aliphatic rings. The smallest absolute Gasteiger partial charge is 0.387 e. The first-order valence-corrected chi connectivity index (χ1v) is 11.9. The van der Waals surface area contributed by atoms with E-state index in [-0.39, 0.29) is 38.4 Å². The van der Waals surface area contributed by atoms with Crippen LogP contribution < -0.4 is 11.1 Å². The highest BCUT2D eigenvalue weighted by molar-refractivity contribution is 5.91. The number of imide groups is 1. The summed E-state index contributed by atoms with van der Waals surface area (Å²) in [6.45, 7) is -0.313. The first-order chi connectivity index (χ1) is 16.3. The van der Waals surface area contributed by atoms with Gasteiger partial charge in [-0.15, -0.1) is 0 Å². The zero-order valence-corrected chi connectivity index (χ0v) is 19.3. The lowest BCUT2D eigenvalue weighted by molar-refractivity contribution is -0.779. The van der Waals surface area contributed by atoms with Crippen molar-refractivity contribution >= 4 is 24.3 Å². The number of aliphatic hydroxyl groups excluding tert-OH is 1. The maximum atomic E-state index is 14.0. The van der Waals surface area contributed by atoms with Crippen LogP contribution in [0.4, 0.5) is 4.79 Å². The zero-order valence-electron chi connectivity index (χ0n) is 19.3. The van der Waals surface area contributed by atoms with Gasteiger partial charge in [-0.25, -0.2) is 14.7 Å². The average molecular weight is 476 g/mol. The third-order valence-electron chi connectivity index (χ3n) is 7.21. The van der Waals surface area contributed by atoms with Gasteiger partial charge >= 0.3 is 11.9 Å². The van der Waals surface area contributed by atoms with E-state index in [0.717, 1.165) is 25.7 Å². The second-order valence-electron chi connectivity index (χ2n) is 9.41. The van der Waals surface area contributed by atoms with Crippen molar-refractivity contribution in [1.82, 2.24) is 10.4 Å². The van der Waals surface area contributed by atoms with E-state index in [1.807, 2.05) is 6.07 Å². The van der Waals surface area contributed by atoms with Crippen LogP contribution in [0.25, 0.3) is 0 Å². The van der Waals surface area contributed by atoms with E-state index in [4.69, 9.17) is 5.73 Å². The molecule has 1 aromatic rings. The van der Waals surface area contributed by atoms with Gasteiger partial charge in [-0.3, -0.25) is 14.8 Å². The number of hydrogen-bond donors (Lipinski definition) is 4. The number of quaternary nitrogens is 1. The molecule has 1 saturated heterocycles. The van der Waals surface area contributed by atoms with Crippen molar-refractivity contribution in [3.8, 4) is 0 Å². The lowest BCUT2D eigenvalue weighted by Gasteiger charge is -2.36. The molecule has 5 N–H and O–H groups in total. The van der Waals surface area contributed by atoms with Crippen LogP contribution in [0.2, 0.25) is 0 Å². The van der Waals surface area contributed by atoms with Crippen LogP contribution >= 0.6 is 0 Å². The fourth-order valence-electron chi connectivity index (χ4n) is 5.49. The minimum absolute atomic E-state index is 0.0907. The maximum Gasteiger partial charge on any atom is 0.424 e. The molecule has 3 rings (SSSR count). The van der Waals surface area contributed by atoms with Gasteiger partial charge in [0.2, 0.25) is 6.41 Å². The molecule has 1 unspecified atom stereocenters. The van der Waals surface area contributed by atoms with E-state index in [9.17, 15) is 29.5 Å². The Morgan fingerprint density at radius 3 is 2.44 bits per heavy atom. The Kier molecular flexibility index (Phi) is 8.76. The van der Waals surface area contributed by atoms with Crippen LogP contribution in [0.1, 0.15) is 56.6 Å². The van der Waals surface area contributed by atoms with Crippen molar-refractivity contribution in [2.45, 2.75) is 57.1 Å². The fourth-order valence-corrected chi connectivity index (χ4v) is 5.49. The molecule has 4 atom stereocenters. The number of hydrogen-bond acceptors (Lipinski definition) is 6. The van der Waals surface area contributed by atoms with Crippen LogP contribution in [0, 0.1) is 11.8 Å². The number of nitrogens with zero attached hydrogens (tertiary/aromatic N) is 2. The number of carbonyl (C=O) groups is 4. The van der Waals surface area contributed by atoms with E-state index in [1.54, 1.807) is 24.3 Å². The molecular formula is C24H35N4O6+. The van der Waals surface area contributed by atoms with Crippen molar-refractivity contribution in [2.24, 2.45) is 17.6 Å². The Bertz CT molecular complexity index is 875. The van der Waals surface area contributed by atoms with Crippen LogP contribution in [0.3, 0.4) is 0 Å². The molecule has 2 fully saturated rings. The highest BCUT2D eigenvalue weighted by Gasteiger charge is 2.59. The third kappa shape index (κ3) is 5.63. The van der Waals surface area contributed by atoms with Crippen molar-refractivity contribution in [3.63, 3.8) is 0 Å². The number of amides is 5. The summed E-state index contributed by atoms with van der Waals surface area (Å²) < 4.78 is -0.805. The number of aliphatic hydroxyl groups is 1. The van der Waals surface area contributed by atoms with Gasteiger partial charge in [0, 0.05) is 12.8 Å². The summed E-state index contributed by atoms with van der Waals surface area (Å²) in [5.41, 5.74) is 6.24. The molecule has 1 aromatic carbocycles. The molecule has 0 spiro atoms. The number of urea groups is 1. The third-order valence-corrected chi connectivity index (χ3v) is 7.21. The highest BCUT2D eigenvalue weighted by atomic mass is 16.5. The van der Waals surface area contributed by atoms with E-state index in [0.29, 0.717) is 23.5 Å². The molecule has 10 nitrogen and oxygen atoms in total. The monoisotopic (exact) mass is 475 g/mol. The summed E-state index contributed by atoms with van der Waals surface area (Å²) in [7, 11) is 0. The van der Waals surface area contributed by atoms with Crippen molar-refractivity contribution in [2.75, 3.05) is 19.6 Å². The first-order valence-electron chi connectivity index (χ1n) is 11.9. The molecular weight excluding hydrogens is 440 g/mol. The maximum absolute atomic E-state index is 14.0. The second kappa shape index (κ2) is 11.5. The number of nitrogens with one attached hydrogen (secondary N) is 1. The van der Waals surface area contributed by atoms with Crippen molar-refractivity contribution < 1.29 is 34.0 Å². The molecule has 1 heterocycles. The quantitative estimate of drug-likeness (QED) is 0.174. The first kappa shape index (κ1) is 25.8. The predicted molar refractivity (Wildman–Crippen MR) is 122 cm³/mol. The van der Waals surface area contributed by atoms with Gasteiger partial charge in [0.15, 0.2) is 6.04 Å². The van der Waals surface area contributed by atoms with Gasteiger partial charge in [-0.1, -0.05) is 56.0 Å². The number of likely N-dealkylation sites (tertiary alicyclic amines) is 1. The summed E-state index contributed by atoms with van der Waals surface area (Å²) in [6, 6.07) is 7.04. The topological polar surface area (TPSA) is 150 Å². The molecule has 5 amide bonds. The molecule has 1 aliphatic carbocycles. The molecule has 0 bridgehead atoms. The Balaban J connectivity index is 1.86. The summed E-state index contributed by atoms with van der Waals surface area (Å²) in [4.78, 5) is 50.9. The largest absolute Gasteiger partial charge is 0.424 e. The zero-order chi connectivity index (χ0) is 24.7. The molecule has 1 saturated carbocycles. The number of carbonyl (C=O) groups excluding carboxylic acids is 4. The number of rotatable bonds is 10. The predicted octanol–water partition coefficient (Wildman–Crippen LogP) is 1.46. The Morgan fingerprint density at radius 1 is 1.15 bits per heavy atom. The van der Waals surface area contributed by atoms with E-state index < -0.39 is 40.4 Å². The second-order valence-corrected chi connectivity index (χ2v) is 9.41. The standard InChI is InChI=1S/C24H34N4O6/c25-22(31)20-11-6-12-28(20,24(33)26-14-21(30)18-9-2-1-3-10-18)23(32)19(15-27(34)16-29)13-17-7-4-5-8-17/h1-3,9-10,16-17,19-21,30,34H,4-8,11-15H2,(H2-,25,26,31,33)/p+1/t19-,20+,21+,28?/m1/s1. The molecule has 0 aromatic heterocycles. The van der Waals surface area contributed by atoms with Crippen LogP contribution in [-0.4, -0.2) is 69.8 Å². The highest BCUT2D eigenvalue weighted by Crippen LogP contribution is 2.36. The van der Waals surface area contributed by atoms with E-state index in [1.165, 1.54) is 0 Å². The summed E-state index contributed by atoms with van der Waals surface area (Å²) >= 11 is 0. The molecule has 186 valence electrons. The minimum atomic E-state index is -1.05. The number of hydroxylamine groups is 2. The Hall–Kier alpha value is -2.82. The number of benzene rings is 1. The fraction of sp³-hybridized carbons (Fsp3) is 0.583. The van der Waals surface area contributed by atoms with Gasteiger partial charge in [0.05, 0.1) is 31.7 Å². The molecule has 34 heavy (non-hydrogen) atoms. The van der Waals surface area contributed by atoms with Crippen LogP contribution in [0.15, 0.2) is 30.3 Å². The Morgan fingerprint density at radius 2 is 1.82 bits per heavy atom. The lowest BCUT2D eigenvalue weighted by Crippen LogP contribution is -2.68. The minimum Gasteiger partial charge on any atom is -0.387 e. The summed E-state index contributed by atoms with van der Waals surface area (Å²) in [5.74, 6) is -1.86. The summed E-state index contributed by atoms with van der Waals surface area (Å²) in [5, 5.41) is 23.4. The van der Waals surface area contributed by atoms with Crippen LogP contribution in [-0.2, 0) is 14.4 Å². The average Bonchev–Trinajstić information content (AvgIpc) is 3.52. The molecule has 1 aliphatic heterocycles. The van der Waals surface area contributed by atoms with Gasteiger partial charge in [-0.2, -0.15) is 4.48 Å². The van der Waals surface area contributed by atoms with Gasteiger partial charge in [0.25, 0.3) is 5.91 Å². The van der Waals surface area contributed by atoms with Gasteiger partial charge < -0.3 is 16.2 Å². The lowest BCUT2D eigenvalue weighted by atomic mass is 9.90.